The summed E-state index contributed by atoms with van der Waals surface area (Å²) in [4.78, 5) is 15.3. The molecular formula is C57H36N4O. The van der Waals surface area contributed by atoms with Crippen molar-refractivity contribution in [3.8, 4) is 73.2 Å². The zero-order valence-electron chi connectivity index (χ0n) is 33.5. The number of hydrogen-bond acceptors (Lipinski definition) is 4. The summed E-state index contributed by atoms with van der Waals surface area (Å²) in [6, 6.07) is 76.2. The van der Waals surface area contributed by atoms with Crippen molar-refractivity contribution in [2.45, 2.75) is 0 Å². The van der Waals surface area contributed by atoms with Crippen LogP contribution in [0.2, 0.25) is 0 Å². The number of para-hydroxylation sites is 1. The second-order valence-electron chi connectivity index (χ2n) is 15.6. The molecule has 3 heterocycles. The molecule has 0 aliphatic carbocycles. The van der Waals surface area contributed by atoms with E-state index in [1.165, 1.54) is 11.1 Å². The van der Waals surface area contributed by atoms with Gasteiger partial charge in [-0.05, 0) is 75.8 Å². The van der Waals surface area contributed by atoms with Crippen LogP contribution in [0.4, 0.5) is 0 Å². The molecule has 0 atom stereocenters. The molecular weight excluding hydrogens is 757 g/mol. The minimum absolute atomic E-state index is 0.576. The van der Waals surface area contributed by atoms with Crippen LogP contribution in [0.1, 0.15) is 0 Å². The van der Waals surface area contributed by atoms with Gasteiger partial charge in [-0.3, -0.25) is 0 Å². The monoisotopic (exact) mass is 792 g/mol. The van der Waals surface area contributed by atoms with E-state index < -0.39 is 0 Å². The lowest BCUT2D eigenvalue weighted by Gasteiger charge is -2.10. The molecule has 0 aliphatic heterocycles. The lowest BCUT2D eigenvalue weighted by molar-refractivity contribution is 0.673. The molecule has 0 amide bonds. The summed E-state index contributed by atoms with van der Waals surface area (Å²) in [6.07, 6.45) is 0. The van der Waals surface area contributed by atoms with E-state index in [9.17, 15) is 0 Å². The predicted octanol–water partition coefficient (Wildman–Crippen LogP) is 14.9. The quantitative estimate of drug-likeness (QED) is 0.161. The smallest absolute Gasteiger partial charge is 0.164 e. The lowest BCUT2D eigenvalue weighted by atomic mass is 10.0. The standard InChI is InChI=1S/C57H36N4O/c1-4-13-37(14-5-1)40-23-27-42(28-24-40)55-58-56(43-29-25-41(26-30-43)38-15-6-2-7-16-38)60-57(59-55)45-31-32-47-48-33-34-51-53(54(48)62-52(47)36-45)49-21-10-11-22-50(49)61(51)46-20-12-19-44(35-46)39-17-8-3-9-18-39/h1-36H. The van der Waals surface area contributed by atoms with E-state index in [-0.39, 0.29) is 0 Å². The minimum Gasteiger partial charge on any atom is -0.455 e. The first-order chi connectivity index (χ1) is 30.7. The van der Waals surface area contributed by atoms with Crippen molar-refractivity contribution in [1.29, 1.82) is 0 Å². The molecule has 0 N–H and O–H groups in total. The molecule has 5 nitrogen and oxygen atoms in total. The van der Waals surface area contributed by atoms with Gasteiger partial charge >= 0.3 is 0 Å². The zero-order valence-corrected chi connectivity index (χ0v) is 33.5. The van der Waals surface area contributed by atoms with Crippen LogP contribution < -0.4 is 0 Å². The largest absolute Gasteiger partial charge is 0.455 e. The fourth-order valence-corrected chi connectivity index (χ4v) is 8.81. The van der Waals surface area contributed by atoms with Crippen LogP contribution in [0, 0.1) is 0 Å². The van der Waals surface area contributed by atoms with Crippen molar-refractivity contribution in [3.63, 3.8) is 0 Å². The van der Waals surface area contributed by atoms with E-state index in [0.29, 0.717) is 17.5 Å². The Morgan fingerprint density at radius 2 is 0.774 bits per heavy atom. The summed E-state index contributed by atoms with van der Waals surface area (Å²) in [5.74, 6) is 1.78. The molecule has 5 heteroatoms. The fourth-order valence-electron chi connectivity index (χ4n) is 8.81. The normalized spacial score (nSPS) is 11.5. The number of hydrogen-bond donors (Lipinski definition) is 0. The molecule has 0 aliphatic rings. The van der Waals surface area contributed by atoms with Gasteiger partial charge in [-0.25, -0.2) is 15.0 Å². The third kappa shape index (κ3) is 6.14. The van der Waals surface area contributed by atoms with Gasteiger partial charge in [-0.2, -0.15) is 0 Å². The maximum Gasteiger partial charge on any atom is 0.164 e. The number of rotatable bonds is 7. The number of fused-ring (bicyclic) bond motifs is 7. The average molecular weight is 793 g/mol. The maximum absolute atomic E-state index is 6.93. The molecule has 0 saturated heterocycles. The fraction of sp³-hybridized carbons (Fsp3) is 0. The molecule has 62 heavy (non-hydrogen) atoms. The van der Waals surface area contributed by atoms with E-state index in [0.717, 1.165) is 88.4 Å². The Morgan fingerprint density at radius 3 is 1.39 bits per heavy atom. The topological polar surface area (TPSA) is 56.7 Å². The van der Waals surface area contributed by atoms with E-state index in [1.807, 2.05) is 12.1 Å². The summed E-state index contributed by atoms with van der Waals surface area (Å²) < 4.78 is 9.28. The van der Waals surface area contributed by atoms with Crippen LogP contribution in [0.3, 0.4) is 0 Å². The minimum atomic E-state index is 0.576. The molecule has 9 aromatic carbocycles. The van der Waals surface area contributed by atoms with Gasteiger partial charge in [0.15, 0.2) is 17.5 Å². The van der Waals surface area contributed by atoms with Crippen LogP contribution in [-0.2, 0) is 0 Å². The molecule has 12 rings (SSSR count). The summed E-state index contributed by atoms with van der Waals surface area (Å²) in [5.41, 5.74) is 14.6. The second-order valence-corrected chi connectivity index (χ2v) is 15.6. The Bertz CT molecular complexity index is 3490. The predicted molar refractivity (Wildman–Crippen MR) is 254 cm³/mol. The highest BCUT2D eigenvalue weighted by Gasteiger charge is 2.20. The highest BCUT2D eigenvalue weighted by atomic mass is 16.3. The molecule has 0 spiro atoms. The van der Waals surface area contributed by atoms with Gasteiger partial charge in [0, 0.05) is 38.5 Å². The Balaban J connectivity index is 0.992. The van der Waals surface area contributed by atoms with Crippen molar-refractivity contribution in [1.82, 2.24) is 19.5 Å². The Labute approximate surface area is 357 Å². The molecule has 0 unspecified atom stereocenters. The lowest BCUT2D eigenvalue weighted by Crippen LogP contribution is -2.00. The van der Waals surface area contributed by atoms with Crippen LogP contribution in [-0.4, -0.2) is 19.5 Å². The van der Waals surface area contributed by atoms with Gasteiger partial charge in [-0.15, -0.1) is 0 Å². The molecule has 0 bridgehead atoms. The summed E-state index contributed by atoms with van der Waals surface area (Å²) in [6.45, 7) is 0. The van der Waals surface area contributed by atoms with E-state index in [4.69, 9.17) is 19.4 Å². The van der Waals surface area contributed by atoms with Crippen LogP contribution in [0.5, 0.6) is 0 Å². The number of benzene rings is 9. The second kappa shape index (κ2) is 14.7. The number of aromatic nitrogens is 4. The van der Waals surface area contributed by atoms with E-state index in [2.05, 4.69) is 211 Å². The molecule has 12 aromatic rings. The SMILES string of the molecule is c1ccc(-c2ccc(-c3nc(-c4ccc(-c5ccccc5)cc4)nc(-c4ccc5c(c4)oc4c5ccc5c4c4ccccc4n5-c4cccc(-c5ccccc5)c4)n3)cc2)cc1. The molecule has 0 fully saturated rings. The number of furan rings is 1. The molecule has 0 radical (unpaired) electrons. The highest BCUT2D eigenvalue weighted by molar-refractivity contribution is 6.24. The highest BCUT2D eigenvalue weighted by Crippen LogP contribution is 2.42. The van der Waals surface area contributed by atoms with E-state index >= 15 is 0 Å². The first kappa shape index (κ1) is 35.5. The number of nitrogens with zero attached hydrogens (tertiary/aromatic N) is 4. The van der Waals surface area contributed by atoms with Crippen LogP contribution in [0.15, 0.2) is 223 Å². The first-order valence-corrected chi connectivity index (χ1v) is 20.8. The van der Waals surface area contributed by atoms with Gasteiger partial charge in [0.25, 0.3) is 0 Å². The summed E-state index contributed by atoms with van der Waals surface area (Å²) in [5, 5.41) is 4.33. The molecule has 3 aromatic heterocycles. The first-order valence-electron chi connectivity index (χ1n) is 20.8. The zero-order chi connectivity index (χ0) is 41.0. The Morgan fingerprint density at radius 1 is 0.306 bits per heavy atom. The van der Waals surface area contributed by atoms with Crippen LogP contribution >= 0.6 is 0 Å². The average Bonchev–Trinajstić information content (AvgIpc) is 3.90. The van der Waals surface area contributed by atoms with Gasteiger partial charge in [-0.1, -0.05) is 176 Å². The van der Waals surface area contributed by atoms with Crippen molar-refractivity contribution in [3.05, 3.63) is 218 Å². The molecule has 290 valence electrons. The van der Waals surface area contributed by atoms with Gasteiger partial charge in [0.05, 0.1) is 16.4 Å². The van der Waals surface area contributed by atoms with Crippen molar-refractivity contribution in [2.24, 2.45) is 0 Å². The maximum atomic E-state index is 6.93. The van der Waals surface area contributed by atoms with Crippen LogP contribution in [0.25, 0.3) is 117 Å². The third-order valence-electron chi connectivity index (χ3n) is 11.9. The van der Waals surface area contributed by atoms with Crippen molar-refractivity contribution in [2.75, 3.05) is 0 Å². The summed E-state index contributed by atoms with van der Waals surface area (Å²) in [7, 11) is 0. The van der Waals surface area contributed by atoms with E-state index in [1.54, 1.807) is 0 Å². The Kier molecular flexibility index (Phi) is 8.42. The van der Waals surface area contributed by atoms with Gasteiger partial charge in [0.2, 0.25) is 0 Å². The summed E-state index contributed by atoms with van der Waals surface area (Å²) >= 11 is 0. The van der Waals surface area contributed by atoms with Gasteiger partial charge in [0.1, 0.15) is 11.2 Å². The molecule has 0 saturated carbocycles. The third-order valence-corrected chi connectivity index (χ3v) is 11.9. The Hall–Kier alpha value is -8.41. The van der Waals surface area contributed by atoms with Gasteiger partial charge < -0.3 is 8.98 Å². The van der Waals surface area contributed by atoms with Crippen molar-refractivity contribution >= 4 is 43.7 Å². The van der Waals surface area contributed by atoms with Crippen molar-refractivity contribution < 1.29 is 4.42 Å².